The summed E-state index contributed by atoms with van der Waals surface area (Å²) in [5, 5.41) is 5.46. The van der Waals surface area contributed by atoms with E-state index in [1.807, 2.05) is 20.8 Å². The van der Waals surface area contributed by atoms with Gasteiger partial charge in [-0.05, 0) is 45.9 Å². The lowest BCUT2D eigenvalue weighted by Gasteiger charge is -2.23. The number of nitrogens with one attached hydrogen (secondary N) is 2. The minimum Gasteiger partial charge on any atom is -0.399 e. The van der Waals surface area contributed by atoms with Crippen LogP contribution in [0, 0.1) is 0 Å². The number of halogens is 1. The van der Waals surface area contributed by atoms with Gasteiger partial charge in [0, 0.05) is 21.3 Å². The van der Waals surface area contributed by atoms with Crippen molar-refractivity contribution in [1.29, 1.82) is 0 Å². The minimum atomic E-state index is -0.623. The Bertz CT molecular complexity index is 503. The number of rotatable bonds is 3. The van der Waals surface area contributed by atoms with E-state index >= 15 is 0 Å². The molecule has 0 saturated carbocycles. The average molecular weight is 342 g/mol. The molecule has 0 spiro atoms. The molecule has 0 bridgehead atoms. The third-order valence-corrected chi connectivity index (χ3v) is 2.88. The van der Waals surface area contributed by atoms with Crippen molar-refractivity contribution in [3.63, 3.8) is 0 Å². The Balaban J connectivity index is 2.72. The van der Waals surface area contributed by atoms with Gasteiger partial charge in [0.2, 0.25) is 5.91 Å². The summed E-state index contributed by atoms with van der Waals surface area (Å²) in [5.41, 5.74) is 6.24. The summed E-state index contributed by atoms with van der Waals surface area (Å²) in [4.78, 5) is 24.0. The quantitative estimate of drug-likeness (QED) is 0.735. The Morgan fingerprint density at radius 2 is 1.85 bits per heavy atom. The highest BCUT2D eigenvalue weighted by Gasteiger charge is 2.21. The van der Waals surface area contributed by atoms with Gasteiger partial charge in [-0.15, -0.1) is 0 Å². The molecule has 1 aromatic carbocycles. The fraction of sp³-hybridized carbons (Fsp3) is 0.429. The van der Waals surface area contributed by atoms with Gasteiger partial charge in [-0.2, -0.15) is 0 Å². The number of hydrogen-bond donors (Lipinski definition) is 3. The number of nitrogen functional groups attached to an aromatic ring is 1. The lowest BCUT2D eigenvalue weighted by Crippen LogP contribution is -2.50. The molecule has 0 fully saturated rings. The molecule has 110 valence electrons. The number of amides is 2. The lowest BCUT2D eigenvalue weighted by atomic mass is 10.1. The molecule has 1 rings (SSSR count). The Labute approximate surface area is 127 Å². The van der Waals surface area contributed by atoms with Gasteiger partial charge in [0.15, 0.2) is 0 Å². The highest BCUT2D eigenvalue weighted by molar-refractivity contribution is 9.10. The van der Waals surface area contributed by atoms with E-state index in [0.717, 1.165) is 4.47 Å². The van der Waals surface area contributed by atoms with Crippen molar-refractivity contribution < 1.29 is 9.59 Å². The van der Waals surface area contributed by atoms with Gasteiger partial charge in [-0.1, -0.05) is 15.9 Å². The maximum Gasteiger partial charge on any atom is 0.252 e. The molecule has 1 unspecified atom stereocenters. The Morgan fingerprint density at radius 1 is 1.25 bits per heavy atom. The van der Waals surface area contributed by atoms with Crippen molar-refractivity contribution in [3.05, 3.63) is 28.2 Å². The van der Waals surface area contributed by atoms with Gasteiger partial charge in [-0.25, -0.2) is 0 Å². The largest absolute Gasteiger partial charge is 0.399 e. The van der Waals surface area contributed by atoms with Gasteiger partial charge in [0.1, 0.15) is 6.04 Å². The summed E-state index contributed by atoms with van der Waals surface area (Å²) in [6.45, 7) is 7.29. The van der Waals surface area contributed by atoms with Crippen LogP contribution < -0.4 is 16.4 Å². The molecule has 0 aliphatic carbocycles. The first kappa shape index (κ1) is 16.5. The fourth-order valence-corrected chi connectivity index (χ4v) is 2.08. The van der Waals surface area contributed by atoms with Gasteiger partial charge in [0.25, 0.3) is 5.91 Å². The number of hydrogen-bond acceptors (Lipinski definition) is 3. The predicted octanol–water partition coefficient (Wildman–Crippen LogP) is 2.06. The van der Waals surface area contributed by atoms with E-state index in [9.17, 15) is 9.59 Å². The fourth-order valence-electron chi connectivity index (χ4n) is 1.57. The Hall–Kier alpha value is -1.56. The standard InChI is InChI=1S/C14H20BrN3O2/c1-8(12(19)18-14(2,3)4)17-13(20)9-5-10(15)7-11(16)6-9/h5-8H,16H2,1-4H3,(H,17,20)(H,18,19). The van der Waals surface area contributed by atoms with Crippen LogP contribution in [0.15, 0.2) is 22.7 Å². The van der Waals surface area contributed by atoms with Crippen LogP contribution in [-0.2, 0) is 4.79 Å². The lowest BCUT2D eigenvalue weighted by molar-refractivity contribution is -0.124. The number of anilines is 1. The highest BCUT2D eigenvalue weighted by atomic mass is 79.9. The topological polar surface area (TPSA) is 84.2 Å². The second kappa shape index (κ2) is 6.26. The zero-order valence-electron chi connectivity index (χ0n) is 12.1. The first-order valence-electron chi connectivity index (χ1n) is 6.27. The molecule has 0 aliphatic rings. The monoisotopic (exact) mass is 341 g/mol. The number of carbonyl (C=O) groups excluding carboxylic acids is 2. The molecule has 6 heteroatoms. The van der Waals surface area contributed by atoms with Crippen LogP contribution >= 0.6 is 15.9 Å². The molecular weight excluding hydrogens is 322 g/mol. The van der Waals surface area contributed by atoms with Crippen LogP contribution in [0.25, 0.3) is 0 Å². The molecule has 4 N–H and O–H groups in total. The highest BCUT2D eigenvalue weighted by Crippen LogP contribution is 2.17. The molecular formula is C14H20BrN3O2. The van der Waals surface area contributed by atoms with Crippen LogP contribution in [0.3, 0.4) is 0 Å². The van der Waals surface area contributed by atoms with E-state index in [-0.39, 0.29) is 17.4 Å². The van der Waals surface area contributed by atoms with E-state index in [1.165, 1.54) is 0 Å². The van der Waals surface area contributed by atoms with Crippen LogP contribution in [0.4, 0.5) is 5.69 Å². The van der Waals surface area contributed by atoms with Crippen molar-refractivity contribution in [2.75, 3.05) is 5.73 Å². The molecule has 5 nitrogen and oxygen atoms in total. The molecule has 20 heavy (non-hydrogen) atoms. The molecule has 2 amide bonds. The Kier molecular flexibility index (Phi) is 5.16. The van der Waals surface area contributed by atoms with Gasteiger partial charge < -0.3 is 16.4 Å². The van der Waals surface area contributed by atoms with Gasteiger partial charge in [0.05, 0.1) is 0 Å². The first-order valence-corrected chi connectivity index (χ1v) is 7.07. The van der Waals surface area contributed by atoms with Crippen molar-refractivity contribution in [3.8, 4) is 0 Å². The van der Waals surface area contributed by atoms with E-state index in [0.29, 0.717) is 11.3 Å². The van der Waals surface area contributed by atoms with Crippen molar-refractivity contribution in [2.45, 2.75) is 39.3 Å². The SMILES string of the molecule is CC(NC(=O)c1cc(N)cc(Br)c1)C(=O)NC(C)(C)C. The molecule has 1 atom stereocenters. The van der Waals surface area contributed by atoms with Crippen LogP contribution in [0.5, 0.6) is 0 Å². The number of benzene rings is 1. The van der Waals surface area contributed by atoms with E-state index in [2.05, 4.69) is 26.6 Å². The average Bonchev–Trinajstić information content (AvgIpc) is 2.25. The molecule has 0 aliphatic heterocycles. The van der Waals surface area contributed by atoms with Crippen molar-refractivity contribution in [1.82, 2.24) is 10.6 Å². The summed E-state index contributed by atoms with van der Waals surface area (Å²) in [5.74, 6) is -0.566. The first-order chi connectivity index (χ1) is 9.08. The molecule has 0 heterocycles. The Morgan fingerprint density at radius 3 is 2.35 bits per heavy atom. The van der Waals surface area contributed by atoms with Crippen LogP contribution in [0.2, 0.25) is 0 Å². The summed E-state index contributed by atoms with van der Waals surface area (Å²) in [7, 11) is 0. The predicted molar refractivity (Wildman–Crippen MR) is 83.4 cm³/mol. The maximum absolute atomic E-state index is 12.1. The van der Waals surface area contributed by atoms with E-state index in [1.54, 1.807) is 25.1 Å². The summed E-state index contributed by atoms with van der Waals surface area (Å²) < 4.78 is 0.717. The van der Waals surface area contributed by atoms with Crippen LogP contribution in [-0.4, -0.2) is 23.4 Å². The van der Waals surface area contributed by atoms with Gasteiger partial charge in [-0.3, -0.25) is 9.59 Å². The van der Waals surface area contributed by atoms with E-state index < -0.39 is 6.04 Å². The van der Waals surface area contributed by atoms with E-state index in [4.69, 9.17) is 5.73 Å². The molecule has 0 saturated heterocycles. The van der Waals surface area contributed by atoms with Crippen molar-refractivity contribution in [2.24, 2.45) is 0 Å². The summed E-state index contributed by atoms with van der Waals surface area (Å²) in [6.07, 6.45) is 0. The zero-order valence-corrected chi connectivity index (χ0v) is 13.7. The van der Waals surface area contributed by atoms with Crippen LogP contribution in [0.1, 0.15) is 38.1 Å². The number of nitrogens with two attached hydrogens (primary N) is 1. The zero-order chi connectivity index (χ0) is 15.5. The third kappa shape index (κ3) is 5.21. The van der Waals surface area contributed by atoms with Crippen molar-refractivity contribution >= 4 is 33.4 Å². The normalized spacial score (nSPS) is 12.7. The summed E-state index contributed by atoms with van der Waals surface area (Å²) >= 11 is 3.28. The molecule has 1 aromatic rings. The maximum atomic E-state index is 12.1. The third-order valence-electron chi connectivity index (χ3n) is 2.42. The second-order valence-corrected chi connectivity index (χ2v) is 6.62. The summed E-state index contributed by atoms with van der Waals surface area (Å²) in [6, 6.07) is 4.29. The minimum absolute atomic E-state index is 0.228. The second-order valence-electron chi connectivity index (χ2n) is 5.71. The van der Waals surface area contributed by atoms with Gasteiger partial charge >= 0.3 is 0 Å². The smallest absolute Gasteiger partial charge is 0.252 e. The molecule has 0 radical (unpaired) electrons. The molecule has 0 aromatic heterocycles. The number of carbonyl (C=O) groups is 2.